The fourth-order valence-electron chi connectivity index (χ4n) is 0.781. The van der Waals surface area contributed by atoms with E-state index in [1.807, 2.05) is 19.1 Å². The van der Waals surface area contributed by atoms with Crippen LogP contribution in [0, 0.1) is 5.92 Å². The largest absolute Gasteiger partial charge is 0.399 e. The number of rotatable bonds is 0. The van der Waals surface area contributed by atoms with E-state index < -0.39 is 6.10 Å². The molecule has 0 spiro atoms. The molecule has 3 N–H and O–H groups in total. The molecule has 0 amide bonds. The van der Waals surface area contributed by atoms with Gasteiger partial charge in [-0.3, -0.25) is 0 Å². The molecule has 0 radical (unpaired) electrons. The maximum atomic E-state index is 9.14. The van der Waals surface area contributed by atoms with Gasteiger partial charge in [0.2, 0.25) is 0 Å². The predicted octanol–water partition coefficient (Wildman–Crippen LogP) is 0.396. The van der Waals surface area contributed by atoms with Crippen LogP contribution in [0.2, 0.25) is 0 Å². The van der Waals surface area contributed by atoms with E-state index in [1.54, 1.807) is 6.08 Å². The minimum absolute atomic E-state index is 0.206. The fourth-order valence-corrected chi connectivity index (χ4v) is 0.781. The maximum Gasteiger partial charge on any atom is 0.0803 e. The summed E-state index contributed by atoms with van der Waals surface area (Å²) < 4.78 is 0. The quantitative estimate of drug-likeness (QED) is 0.492. The monoisotopic (exact) mass is 125 g/mol. The van der Waals surface area contributed by atoms with Crippen molar-refractivity contribution in [3.05, 3.63) is 23.9 Å². The molecule has 1 aliphatic rings. The van der Waals surface area contributed by atoms with E-state index in [1.165, 1.54) is 0 Å². The Morgan fingerprint density at radius 3 is 2.78 bits per heavy atom. The zero-order valence-corrected chi connectivity index (χ0v) is 5.41. The zero-order chi connectivity index (χ0) is 6.85. The lowest BCUT2D eigenvalue weighted by atomic mass is 9.99. The lowest BCUT2D eigenvalue weighted by Crippen LogP contribution is -2.17. The van der Waals surface area contributed by atoms with E-state index in [4.69, 9.17) is 10.8 Å². The summed E-state index contributed by atoms with van der Waals surface area (Å²) in [6, 6.07) is 0. The van der Waals surface area contributed by atoms with E-state index in [2.05, 4.69) is 0 Å². The van der Waals surface area contributed by atoms with Crippen LogP contribution in [0.3, 0.4) is 0 Å². The van der Waals surface area contributed by atoms with Crippen molar-refractivity contribution in [3.63, 3.8) is 0 Å². The molecule has 9 heavy (non-hydrogen) atoms. The Kier molecular flexibility index (Phi) is 1.58. The number of hydrogen-bond donors (Lipinski definition) is 2. The van der Waals surface area contributed by atoms with Crippen molar-refractivity contribution in [1.29, 1.82) is 0 Å². The smallest absolute Gasteiger partial charge is 0.0803 e. The molecule has 0 aromatic carbocycles. The topological polar surface area (TPSA) is 46.2 Å². The molecule has 0 aliphatic heterocycles. The maximum absolute atomic E-state index is 9.14. The number of aliphatic hydroxyl groups is 1. The highest BCUT2D eigenvalue weighted by molar-refractivity contribution is 5.22. The number of allylic oxidation sites excluding steroid dienone is 1. The van der Waals surface area contributed by atoms with Gasteiger partial charge < -0.3 is 10.8 Å². The van der Waals surface area contributed by atoms with Gasteiger partial charge in [-0.2, -0.15) is 0 Å². The van der Waals surface area contributed by atoms with Gasteiger partial charge in [0.1, 0.15) is 0 Å². The van der Waals surface area contributed by atoms with Crippen LogP contribution in [-0.2, 0) is 0 Å². The third-order valence-electron chi connectivity index (χ3n) is 1.49. The summed E-state index contributed by atoms with van der Waals surface area (Å²) in [6.07, 6.45) is 4.98. The van der Waals surface area contributed by atoms with Crippen LogP contribution >= 0.6 is 0 Å². The minimum atomic E-state index is -0.394. The molecule has 0 fully saturated rings. The molecule has 2 unspecified atom stereocenters. The van der Waals surface area contributed by atoms with Crippen molar-refractivity contribution >= 4 is 0 Å². The molecular weight excluding hydrogens is 114 g/mol. The molecule has 0 bridgehead atoms. The average Bonchev–Trinajstić information content (AvgIpc) is 1.80. The van der Waals surface area contributed by atoms with Gasteiger partial charge >= 0.3 is 0 Å². The third-order valence-corrected chi connectivity index (χ3v) is 1.49. The second-order valence-electron chi connectivity index (χ2n) is 2.38. The van der Waals surface area contributed by atoms with Crippen molar-refractivity contribution in [1.82, 2.24) is 0 Å². The Bertz CT molecular complexity index is 160. The minimum Gasteiger partial charge on any atom is -0.399 e. The zero-order valence-electron chi connectivity index (χ0n) is 5.41. The van der Waals surface area contributed by atoms with Gasteiger partial charge in [0.25, 0.3) is 0 Å². The first-order valence-corrected chi connectivity index (χ1v) is 3.03. The van der Waals surface area contributed by atoms with E-state index in [0.717, 1.165) is 0 Å². The highest BCUT2D eigenvalue weighted by Crippen LogP contribution is 2.12. The standard InChI is InChI=1S/C7H11NO/c1-5-2-3-6(8)4-7(5)9/h2-5,7,9H,8H2,1H3. The average molecular weight is 125 g/mol. The van der Waals surface area contributed by atoms with Crippen LogP contribution in [0.15, 0.2) is 23.9 Å². The first kappa shape index (κ1) is 6.36. The van der Waals surface area contributed by atoms with E-state index >= 15 is 0 Å². The number of hydrogen-bond acceptors (Lipinski definition) is 2. The van der Waals surface area contributed by atoms with Crippen molar-refractivity contribution in [3.8, 4) is 0 Å². The van der Waals surface area contributed by atoms with Crippen molar-refractivity contribution in [2.45, 2.75) is 13.0 Å². The van der Waals surface area contributed by atoms with E-state index in [-0.39, 0.29) is 5.92 Å². The predicted molar refractivity (Wildman–Crippen MR) is 36.6 cm³/mol. The summed E-state index contributed by atoms with van der Waals surface area (Å²) in [5.41, 5.74) is 6.06. The second-order valence-corrected chi connectivity index (χ2v) is 2.38. The molecule has 50 valence electrons. The molecule has 0 saturated heterocycles. The van der Waals surface area contributed by atoms with Gasteiger partial charge in [0.05, 0.1) is 6.10 Å². The summed E-state index contributed by atoms with van der Waals surface area (Å²) in [5, 5.41) is 9.14. The molecule has 0 aromatic heterocycles. The first-order chi connectivity index (χ1) is 4.20. The molecule has 1 rings (SSSR count). The normalized spacial score (nSPS) is 34.2. The van der Waals surface area contributed by atoms with Crippen LogP contribution in [0.1, 0.15) is 6.92 Å². The van der Waals surface area contributed by atoms with Gasteiger partial charge in [-0.25, -0.2) is 0 Å². The molecule has 2 nitrogen and oxygen atoms in total. The molecule has 0 saturated carbocycles. The summed E-state index contributed by atoms with van der Waals surface area (Å²) in [4.78, 5) is 0. The van der Waals surface area contributed by atoms with E-state index in [0.29, 0.717) is 5.70 Å². The molecular formula is C7H11NO. The summed E-state index contributed by atoms with van der Waals surface area (Å²) in [5.74, 6) is 0.206. The third kappa shape index (κ3) is 1.33. The van der Waals surface area contributed by atoms with Crippen molar-refractivity contribution in [2.24, 2.45) is 11.7 Å². The molecule has 1 aliphatic carbocycles. The summed E-state index contributed by atoms with van der Waals surface area (Å²) in [7, 11) is 0. The molecule has 2 atom stereocenters. The lowest BCUT2D eigenvalue weighted by molar-refractivity contribution is 0.182. The molecule has 0 heterocycles. The van der Waals surface area contributed by atoms with Gasteiger partial charge in [0.15, 0.2) is 0 Å². The van der Waals surface area contributed by atoms with Crippen LogP contribution in [0.5, 0.6) is 0 Å². The summed E-state index contributed by atoms with van der Waals surface area (Å²) >= 11 is 0. The Balaban J connectivity index is 2.70. The lowest BCUT2D eigenvalue weighted by Gasteiger charge is -2.15. The van der Waals surface area contributed by atoms with Crippen LogP contribution < -0.4 is 5.73 Å². The first-order valence-electron chi connectivity index (χ1n) is 3.03. The van der Waals surface area contributed by atoms with Crippen LogP contribution in [0.25, 0.3) is 0 Å². The molecule has 0 aromatic rings. The van der Waals surface area contributed by atoms with Crippen LogP contribution in [0.4, 0.5) is 0 Å². The number of aliphatic hydroxyl groups excluding tert-OH is 1. The Labute approximate surface area is 54.7 Å². The highest BCUT2D eigenvalue weighted by Gasteiger charge is 2.11. The Morgan fingerprint density at radius 2 is 2.33 bits per heavy atom. The molecule has 2 heteroatoms. The van der Waals surface area contributed by atoms with Crippen molar-refractivity contribution in [2.75, 3.05) is 0 Å². The van der Waals surface area contributed by atoms with E-state index in [9.17, 15) is 0 Å². The van der Waals surface area contributed by atoms with Gasteiger partial charge in [-0.15, -0.1) is 0 Å². The van der Waals surface area contributed by atoms with Crippen LogP contribution in [-0.4, -0.2) is 11.2 Å². The van der Waals surface area contributed by atoms with Crippen molar-refractivity contribution < 1.29 is 5.11 Å². The Hall–Kier alpha value is -0.760. The fraction of sp³-hybridized carbons (Fsp3) is 0.429. The number of nitrogens with two attached hydrogens (primary N) is 1. The van der Waals surface area contributed by atoms with Gasteiger partial charge in [0, 0.05) is 11.6 Å². The van der Waals surface area contributed by atoms with Gasteiger partial charge in [-0.05, 0) is 12.2 Å². The highest BCUT2D eigenvalue weighted by atomic mass is 16.3. The summed E-state index contributed by atoms with van der Waals surface area (Å²) in [6.45, 7) is 1.95. The SMILES string of the molecule is CC1C=CC(N)=CC1O. The second kappa shape index (κ2) is 2.23. The Morgan fingerprint density at radius 1 is 1.67 bits per heavy atom. The van der Waals surface area contributed by atoms with Gasteiger partial charge in [-0.1, -0.05) is 13.0 Å².